The monoisotopic (exact) mass is 208 g/mol. The van der Waals surface area contributed by atoms with Gasteiger partial charge in [0, 0.05) is 0 Å². The van der Waals surface area contributed by atoms with Crippen LogP contribution in [0, 0.1) is 0 Å². The molecule has 0 aromatic carbocycles. The first kappa shape index (κ1) is 37.0. The second-order valence-corrected chi connectivity index (χ2v) is 1.35. The van der Waals surface area contributed by atoms with Gasteiger partial charge in [0.25, 0.3) is 0 Å². The molecule has 14 heavy (non-hydrogen) atoms. The molecule has 0 bridgehead atoms. The molecule has 0 saturated heterocycles. The molecule has 0 aromatic rings. The van der Waals surface area contributed by atoms with Crippen molar-refractivity contribution in [3.05, 3.63) is 0 Å². The van der Waals surface area contributed by atoms with Crippen LogP contribution in [0.3, 0.4) is 0 Å². The van der Waals surface area contributed by atoms with Crippen molar-refractivity contribution in [2.45, 2.75) is 95.9 Å². The summed E-state index contributed by atoms with van der Waals surface area (Å²) in [6.07, 6.45) is 4.08. The van der Waals surface area contributed by atoms with E-state index in [1.54, 1.807) is 0 Å². The fraction of sp³-hybridized carbons (Fsp3) is 1.00. The van der Waals surface area contributed by atoms with Crippen LogP contribution in [0.25, 0.3) is 0 Å². The number of unbranched alkanes of at least 4 members (excludes halogenated alkanes) is 2. The molecular formula is C14H40. The SMILES string of the molecule is C.CC.CC.CC.CC.CCCCC. The Morgan fingerprint density at radius 1 is 0.500 bits per heavy atom. The minimum absolute atomic E-state index is 0. The maximum absolute atomic E-state index is 2.21. The van der Waals surface area contributed by atoms with Crippen molar-refractivity contribution in [1.82, 2.24) is 0 Å². The normalized spacial score (nSPS) is 4.71. The molecule has 0 rings (SSSR count). The van der Waals surface area contributed by atoms with E-state index in [4.69, 9.17) is 0 Å². The summed E-state index contributed by atoms with van der Waals surface area (Å²) in [5.41, 5.74) is 0. The van der Waals surface area contributed by atoms with Crippen molar-refractivity contribution < 1.29 is 0 Å². The van der Waals surface area contributed by atoms with Gasteiger partial charge in [-0.3, -0.25) is 0 Å². The predicted molar refractivity (Wildman–Crippen MR) is 77.3 cm³/mol. The third kappa shape index (κ3) is 363. The zero-order valence-corrected chi connectivity index (χ0v) is 12.1. The van der Waals surface area contributed by atoms with Gasteiger partial charge in [0.05, 0.1) is 0 Å². The van der Waals surface area contributed by atoms with E-state index in [1.807, 2.05) is 55.4 Å². The Kier molecular flexibility index (Phi) is 549. The summed E-state index contributed by atoms with van der Waals surface area (Å²) in [4.78, 5) is 0. The lowest BCUT2D eigenvalue weighted by atomic mass is 10.3. The fourth-order valence-corrected chi connectivity index (χ4v) is 0.354. The molecule has 0 amide bonds. The van der Waals surface area contributed by atoms with E-state index in [2.05, 4.69) is 13.8 Å². The molecule has 0 unspecified atom stereocenters. The van der Waals surface area contributed by atoms with Crippen LogP contribution < -0.4 is 0 Å². The van der Waals surface area contributed by atoms with Crippen LogP contribution in [-0.4, -0.2) is 0 Å². The average Bonchev–Trinajstić information content (AvgIpc) is 2.30. The van der Waals surface area contributed by atoms with Gasteiger partial charge in [0.15, 0.2) is 0 Å². The van der Waals surface area contributed by atoms with Gasteiger partial charge in [-0.1, -0.05) is 95.9 Å². The summed E-state index contributed by atoms with van der Waals surface area (Å²) < 4.78 is 0. The van der Waals surface area contributed by atoms with Crippen molar-refractivity contribution in [1.29, 1.82) is 0 Å². The molecule has 0 aliphatic heterocycles. The zero-order chi connectivity index (χ0) is 12.1. The Hall–Kier alpha value is 0. The maximum Gasteiger partial charge on any atom is -0.0538 e. The first-order valence-corrected chi connectivity index (χ1v) is 6.41. The minimum Gasteiger partial charge on any atom is -0.0776 e. The van der Waals surface area contributed by atoms with E-state index in [0.717, 1.165) is 0 Å². The van der Waals surface area contributed by atoms with Gasteiger partial charge in [-0.15, -0.1) is 0 Å². The highest BCUT2D eigenvalue weighted by atomic mass is 13.7. The molecule has 0 heterocycles. The molecule has 0 N–H and O–H groups in total. The van der Waals surface area contributed by atoms with Crippen LogP contribution >= 0.6 is 0 Å². The molecule has 0 aromatic heterocycles. The molecule has 0 aliphatic rings. The van der Waals surface area contributed by atoms with Gasteiger partial charge in [-0.25, -0.2) is 0 Å². The lowest BCUT2D eigenvalue weighted by Gasteiger charge is -1.79. The van der Waals surface area contributed by atoms with Crippen LogP contribution in [0.5, 0.6) is 0 Å². The summed E-state index contributed by atoms with van der Waals surface area (Å²) in [6, 6.07) is 0. The molecular weight excluding hydrogens is 168 g/mol. The van der Waals surface area contributed by atoms with E-state index < -0.39 is 0 Å². The average molecular weight is 208 g/mol. The highest BCUT2D eigenvalue weighted by molar-refractivity contribution is 4.24. The van der Waals surface area contributed by atoms with Gasteiger partial charge < -0.3 is 0 Å². The van der Waals surface area contributed by atoms with E-state index in [0.29, 0.717) is 0 Å². The van der Waals surface area contributed by atoms with Crippen LogP contribution in [0.2, 0.25) is 0 Å². The third-order valence-electron chi connectivity index (χ3n) is 0.707. The van der Waals surface area contributed by atoms with Crippen LogP contribution in [0.4, 0.5) is 0 Å². The van der Waals surface area contributed by atoms with Crippen molar-refractivity contribution in [3.63, 3.8) is 0 Å². The molecule has 0 fully saturated rings. The van der Waals surface area contributed by atoms with Crippen molar-refractivity contribution in [2.24, 2.45) is 0 Å². The Morgan fingerprint density at radius 3 is 0.643 bits per heavy atom. The zero-order valence-electron chi connectivity index (χ0n) is 12.1. The first-order valence-electron chi connectivity index (χ1n) is 6.41. The van der Waals surface area contributed by atoms with Crippen LogP contribution in [0.1, 0.15) is 95.9 Å². The van der Waals surface area contributed by atoms with E-state index in [1.165, 1.54) is 19.3 Å². The largest absolute Gasteiger partial charge is 0.0776 e. The summed E-state index contributed by atoms with van der Waals surface area (Å²) in [7, 11) is 0. The molecule has 0 saturated carbocycles. The van der Waals surface area contributed by atoms with Crippen LogP contribution in [0.15, 0.2) is 0 Å². The lowest BCUT2D eigenvalue weighted by Crippen LogP contribution is -1.59. The Bertz CT molecular complexity index is 7.51. The Morgan fingerprint density at radius 2 is 0.643 bits per heavy atom. The van der Waals surface area contributed by atoms with Gasteiger partial charge >= 0.3 is 0 Å². The molecule has 0 radical (unpaired) electrons. The van der Waals surface area contributed by atoms with Gasteiger partial charge in [-0.2, -0.15) is 0 Å². The Labute approximate surface area is 96.5 Å². The van der Waals surface area contributed by atoms with Gasteiger partial charge in [0.2, 0.25) is 0 Å². The molecule has 0 spiro atoms. The van der Waals surface area contributed by atoms with Crippen molar-refractivity contribution >= 4 is 0 Å². The summed E-state index contributed by atoms with van der Waals surface area (Å²) >= 11 is 0. The second-order valence-electron chi connectivity index (χ2n) is 1.35. The second kappa shape index (κ2) is 208. The number of rotatable bonds is 2. The lowest BCUT2D eigenvalue weighted by molar-refractivity contribution is 0.772. The molecule has 0 aliphatic carbocycles. The van der Waals surface area contributed by atoms with Gasteiger partial charge in [-0.05, 0) is 0 Å². The highest BCUT2D eigenvalue weighted by Gasteiger charge is 1.68. The third-order valence-corrected chi connectivity index (χ3v) is 0.707. The fourth-order valence-electron chi connectivity index (χ4n) is 0.354. The van der Waals surface area contributed by atoms with Crippen molar-refractivity contribution in [2.75, 3.05) is 0 Å². The molecule has 0 heteroatoms. The molecule has 0 nitrogen and oxygen atoms in total. The van der Waals surface area contributed by atoms with Gasteiger partial charge in [0.1, 0.15) is 0 Å². The highest BCUT2D eigenvalue weighted by Crippen LogP contribution is 1.88. The molecule has 96 valence electrons. The summed E-state index contributed by atoms with van der Waals surface area (Å²) in [5, 5.41) is 0. The van der Waals surface area contributed by atoms with E-state index >= 15 is 0 Å². The van der Waals surface area contributed by atoms with E-state index in [9.17, 15) is 0 Å². The Balaban J connectivity index is -0.0000000156. The summed E-state index contributed by atoms with van der Waals surface area (Å²) in [6.45, 7) is 20.4. The first-order chi connectivity index (χ1) is 6.41. The smallest absolute Gasteiger partial charge is 0.0538 e. The topological polar surface area (TPSA) is 0 Å². The number of hydrogen-bond acceptors (Lipinski definition) is 0. The quantitative estimate of drug-likeness (QED) is 0.461. The predicted octanol–water partition coefficient (Wildman–Crippen LogP) is 6.94. The number of hydrogen-bond donors (Lipinski definition) is 0. The minimum atomic E-state index is 0. The molecule has 0 atom stereocenters. The van der Waals surface area contributed by atoms with E-state index in [-0.39, 0.29) is 7.43 Å². The van der Waals surface area contributed by atoms with Crippen LogP contribution in [-0.2, 0) is 0 Å². The standard InChI is InChI=1S/C5H12.4C2H6.CH4/c1-3-5-4-2;4*1-2;/h3-5H2,1-2H3;4*1-2H3;1H4. The summed E-state index contributed by atoms with van der Waals surface area (Å²) in [5.74, 6) is 0. The van der Waals surface area contributed by atoms with Crippen molar-refractivity contribution in [3.8, 4) is 0 Å². The maximum atomic E-state index is 2.21.